The topological polar surface area (TPSA) is 91.0 Å². The van der Waals surface area contributed by atoms with Crippen LogP contribution in [-0.2, 0) is 17.6 Å². The van der Waals surface area contributed by atoms with Gasteiger partial charge < -0.3 is 10.5 Å². The van der Waals surface area contributed by atoms with Gasteiger partial charge in [-0.2, -0.15) is 0 Å². The van der Waals surface area contributed by atoms with E-state index in [1.807, 2.05) is 0 Å². The summed E-state index contributed by atoms with van der Waals surface area (Å²) in [6.07, 6.45) is 5.27. The minimum atomic E-state index is -0.946. The van der Waals surface area contributed by atoms with E-state index in [-0.39, 0.29) is 6.42 Å². The first-order valence-electron chi connectivity index (χ1n) is 8.02. The van der Waals surface area contributed by atoms with Crippen molar-refractivity contribution in [2.75, 3.05) is 7.11 Å². The molecule has 1 amide bonds. The van der Waals surface area contributed by atoms with Crippen LogP contribution < -0.4 is 10.5 Å². The maximum Gasteiger partial charge on any atom is 0.225 e. The van der Waals surface area contributed by atoms with Crippen molar-refractivity contribution in [1.82, 2.24) is 15.0 Å². The third kappa shape index (κ3) is 4.41. The highest BCUT2D eigenvalue weighted by atomic mass is 19.2. The minimum Gasteiger partial charge on any atom is -0.481 e. The van der Waals surface area contributed by atoms with E-state index < -0.39 is 17.5 Å². The maximum absolute atomic E-state index is 13.6. The van der Waals surface area contributed by atoms with Crippen molar-refractivity contribution in [1.29, 1.82) is 0 Å². The van der Waals surface area contributed by atoms with Gasteiger partial charge in [-0.1, -0.05) is 6.07 Å². The number of hydrogen-bond donors (Lipinski definition) is 1. The van der Waals surface area contributed by atoms with Gasteiger partial charge in [0.05, 0.1) is 13.5 Å². The fourth-order valence-electron chi connectivity index (χ4n) is 2.58. The first-order valence-corrected chi connectivity index (χ1v) is 8.02. The Hall–Kier alpha value is -3.42. The van der Waals surface area contributed by atoms with Crippen LogP contribution in [0.4, 0.5) is 8.78 Å². The molecule has 138 valence electrons. The molecule has 0 aliphatic heterocycles. The summed E-state index contributed by atoms with van der Waals surface area (Å²) >= 11 is 0. The predicted octanol–water partition coefficient (Wildman–Crippen LogP) is 2.44. The summed E-state index contributed by atoms with van der Waals surface area (Å²) in [7, 11) is 1.46. The molecule has 0 saturated carbocycles. The first-order chi connectivity index (χ1) is 13.0. The summed E-state index contributed by atoms with van der Waals surface area (Å²) in [5.74, 6) is -1.72. The molecule has 0 spiro atoms. The van der Waals surface area contributed by atoms with Gasteiger partial charge in [0.25, 0.3) is 0 Å². The number of pyridine rings is 1. The van der Waals surface area contributed by atoms with E-state index in [9.17, 15) is 13.6 Å². The van der Waals surface area contributed by atoms with Gasteiger partial charge in [0.2, 0.25) is 11.8 Å². The molecule has 0 atom stereocenters. The van der Waals surface area contributed by atoms with Crippen molar-refractivity contribution >= 4 is 5.91 Å². The van der Waals surface area contributed by atoms with Crippen molar-refractivity contribution in [3.05, 3.63) is 71.4 Å². The van der Waals surface area contributed by atoms with E-state index in [1.165, 1.54) is 13.2 Å². The lowest BCUT2D eigenvalue weighted by Gasteiger charge is -2.10. The Kier molecular flexibility index (Phi) is 5.35. The Morgan fingerprint density at radius 2 is 1.74 bits per heavy atom. The van der Waals surface area contributed by atoms with Crippen molar-refractivity contribution in [3.8, 4) is 17.0 Å². The molecule has 8 heteroatoms. The number of primary amides is 1. The zero-order valence-corrected chi connectivity index (χ0v) is 14.4. The zero-order chi connectivity index (χ0) is 19.4. The molecule has 1 aromatic carbocycles. The Morgan fingerprint density at radius 3 is 2.37 bits per heavy atom. The molecule has 0 fully saturated rings. The second-order valence-corrected chi connectivity index (χ2v) is 5.86. The standard InChI is InChI=1S/C19H16F2N4O2/c1-27-19-14(13-2-3-15(20)16(21)6-13)5-11(8-25-19)4-12-9-23-18(24-10-12)7-17(22)26/h2-3,5-6,8-10H,4,7H2,1H3,(H2,22,26). The number of methoxy groups -OCH3 is 1. The number of carbonyl (C=O) groups is 1. The third-order valence-electron chi connectivity index (χ3n) is 3.83. The van der Waals surface area contributed by atoms with Gasteiger partial charge in [0.1, 0.15) is 5.82 Å². The molecule has 27 heavy (non-hydrogen) atoms. The van der Waals surface area contributed by atoms with Gasteiger partial charge in [-0.15, -0.1) is 0 Å². The molecule has 0 aliphatic carbocycles. The van der Waals surface area contributed by atoms with Gasteiger partial charge in [-0.25, -0.2) is 23.7 Å². The molecule has 6 nitrogen and oxygen atoms in total. The number of amides is 1. The first kappa shape index (κ1) is 18.4. The number of halogens is 2. The number of benzene rings is 1. The second kappa shape index (κ2) is 7.86. The van der Waals surface area contributed by atoms with Crippen LogP contribution >= 0.6 is 0 Å². The molecule has 0 unspecified atom stereocenters. The SMILES string of the molecule is COc1ncc(Cc2cnc(CC(N)=O)nc2)cc1-c1ccc(F)c(F)c1. The highest BCUT2D eigenvalue weighted by molar-refractivity contribution is 5.75. The lowest BCUT2D eigenvalue weighted by atomic mass is 10.0. The van der Waals surface area contributed by atoms with E-state index >= 15 is 0 Å². The molecule has 3 aromatic rings. The largest absolute Gasteiger partial charge is 0.481 e. The molecule has 0 saturated heterocycles. The Balaban J connectivity index is 1.88. The fourth-order valence-corrected chi connectivity index (χ4v) is 2.58. The molecule has 0 aliphatic rings. The zero-order valence-electron chi connectivity index (χ0n) is 14.4. The van der Waals surface area contributed by atoms with E-state index in [1.54, 1.807) is 24.7 Å². The highest BCUT2D eigenvalue weighted by Crippen LogP contribution is 2.30. The van der Waals surface area contributed by atoms with Gasteiger partial charge in [0, 0.05) is 30.6 Å². The molecule has 0 bridgehead atoms. The highest BCUT2D eigenvalue weighted by Gasteiger charge is 2.12. The molecule has 2 heterocycles. The third-order valence-corrected chi connectivity index (χ3v) is 3.83. The van der Waals surface area contributed by atoms with Gasteiger partial charge in [-0.3, -0.25) is 4.79 Å². The van der Waals surface area contributed by atoms with Crippen molar-refractivity contribution in [2.45, 2.75) is 12.8 Å². The summed E-state index contributed by atoms with van der Waals surface area (Å²) < 4.78 is 32.0. The van der Waals surface area contributed by atoms with Gasteiger partial charge in [0.15, 0.2) is 11.6 Å². The number of hydrogen-bond acceptors (Lipinski definition) is 5. The number of aromatic nitrogens is 3. The molecular formula is C19H16F2N4O2. The molecular weight excluding hydrogens is 354 g/mol. The van der Waals surface area contributed by atoms with Crippen molar-refractivity contribution in [2.24, 2.45) is 5.73 Å². The van der Waals surface area contributed by atoms with Crippen LogP contribution in [0.25, 0.3) is 11.1 Å². The average Bonchev–Trinajstić information content (AvgIpc) is 2.65. The van der Waals surface area contributed by atoms with Gasteiger partial charge >= 0.3 is 0 Å². The van der Waals surface area contributed by atoms with Crippen molar-refractivity contribution in [3.63, 3.8) is 0 Å². The van der Waals surface area contributed by atoms with Crippen LogP contribution in [0.1, 0.15) is 17.0 Å². The average molecular weight is 370 g/mol. The fraction of sp³-hybridized carbons (Fsp3) is 0.158. The predicted molar refractivity (Wildman–Crippen MR) is 93.9 cm³/mol. The minimum absolute atomic E-state index is 0.0232. The normalized spacial score (nSPS) is 10.6. The van der Waals surface area contributed by atoms with E-state index in [0.717, 1.165) is 23.3 Å². The summed E-state index contributed by atoms with van der Waals surface area (Å²) in [6, 6.07) is 5.40. The maximum atomic E-state index is 13.6. The summed E-state index contributed by atoms with van der Waals surface area (Å²) in [4.78, 5) is 23.3. The van der Waals surface area contributed by atoms with Crippen LogP contribution in [0.5, 0.6) is 5.88 Å². The van der Waals surface area contributed by atoms with Crippen LogP contribution in [0.3, 0.4) is 0 Å². The number of nitrogens with zero attached hydrogens (tertiary/aromatic N) is 3. The van der Waals surface area contributed by atoms with Gasteiger partial charge in [-0.05, 0) is 34.9 Å². The number of nitrogens with two attached hydrogens (primary N) is 1. The number of rotatable bonds is 6. The summed E-state index contributed by atoms with van der Waals surface area (Å²) in [5.41, 5.74) is 7.71. The second-order valence-electron chi connectivity index (χ2n) is 5.86. The summed E-state index contributed by atoms with van der Waals surface area (Å²) in [6.45, 7) is 0. The Morgan fingerprint density at radius 1 is 1.04 bits per heavy atom. The molecule has 2 N–H and O–H groups in total. The van der Waals surface area contributed by atoms with Crippen molar-refractivity contribution < 1.29 is 18.3 Å². The summed E-state index contributed by atoms with van der Waals surface area (Å²) in [5, 5.41) is 0. The Bertz CT molecular complexity index is 978. The van der Waals surface area contributed by atoms with E-state index in [2.05, 4.69) is 15.0 Å². The Labute approximate surface area is 154 Å². The molecule has 2 aromatic heterocycles. The van der Waals surface area contributed by atoms with E-state index in [4.69, 9.17) is 10.5 Å². The number of carbonyl (C=O) groups excluding carboxylic acids is 1. The monoisotopic (exact) mass is 370 g/mol. The van der Waals surface area contributed by atoms with Crippen LogP contribution in [-0.4, -0.2) is 28.0 Å². The number of ether oxygens (including phenoxy) is 1. The van der Waals surface area contributed by atoms with Crippen LogP contribution in [0.15, 0.2) is 42.9 Å². The lowest BCUT2D eigenvalue weighted by molar-refractivity contribution is -0.117. The van der Waals surface area contributed by atoms with Crippen LogP contribution in [0, 0.1) is 11.6 Å². The smallest absolute Gasteiger partial charge is 0.225 e. The van der Waals surface area contributed by atoms with Crippen LogP contribution in [0.2, 0.25) is 0 Å². The lowest BCUT2D eigenvalue weighted by Crippen LogP contribution is -2.15. The quantitative estimate of drug-likeness (QED) is 0.720. The molecule has 0 radical (unpaired) electrons. The molecule has 3 rings (SSSR count). The van der Waals surface area contributed by atoms with E-state index in [0.29, 0.717) is 29.3 Å².